The Morgan fingerprint density at radius 2 is 1.59 bits per heavy atom. The number of amides is 5. The van der Waals surface area contributed by atoms with Gasteiger partial charge in [-0.2, -0.15) is 5.06 Å². The standard InChI is InChI=1S/C31H45N5O8/c1-30(2,3)43-28(40)33-17-23(18-33)34(29(41)44-31(4,5)6)15-14-24(37)16-32-26(38)25-13-12-22-19-35(25)27(39)36(22)42-20-21-10-8-7-9-11-21/h7-11,22-23,25H,12-20H2,1-6H3,(H,32,38)/t22-,25+/m1/s1. The maximum absolute atomic E-state index is 13.0. The summed E-state index contributed by atoms with van der Waals surface area (Å²) < 4.78 is 11.0. The van der Waals surface area contributed by atoms with Crippen molar-refractivity contribution in [3.8, 4) is 0 Å². The fourth-order valence-corrected chi connectivity index (χ4v) is 5.30. The fourth-order valence-electron chi connectivity index (χ4n) is 5.30. The number of hydroxylamine groups is 2. The molecule has 13 nitrogen and oxygen atoms in total. The first-order chi connectivity index (χ1) is 20.6. The third kappa shape index (κ3) is 8.61. The highest BCUT2D eigenvalue weighted by Gasteiger charge is 2.48. The van der Waals surface area contributed by atoms with Crippen molar-refractivity contribution in [3.05, 3.63) is 35.9 Å². The number of piperidine rings is 1. The van der Waals surface area contributed by atoms with Crippen LogP contribution in [0.2, 0.25) is 0 Å². The fraction of sp³-hybridized carbons (Fsp3) is 0.645. The van der Waals surface area contributed by atoms with Gasteiger partial charge in [0, 0.05) is 32.6 Å². The van der Waals surface area contributed by atoms with E-state index in [0.29, 0.717) is 19.4 Å². The zero-order chi connectivity index (χ0) is 32.2. The average Bonchev–Trinajstić information content (AvgIpc) is 3.14. The molecule has 44 heavy (non-hydrogen) atoms. The van der Waals surface area contributed by atoms with Crippen molar-refractivity contribution in [1.82, 2.24) is 25.1 Å². The van der Waals surface area contributed by atoms with Crippen LogP contribution in [0.25, 0.3) is 0 Å². The SMILES string of the molecule is CC(C)(C)OC(=O)N1CC(N(CCC(=O)CNC(=O)[C@@H]2CC[C@@H]3CN2C(=O)N3OCc2ccccc2)C(=O)OC(C)(C)C)C1. The number of urea groups is 1. The van der Waals surface area contributed by atoms with Crippen LogP contribution >= 0.6 is 0 Å². The van der Waals surface area contributed by atoms with Gasteiger partial charge in [0.2, 0.25) is 5.91 Å². The predicted octanol–water partition coefficient (Wildman–Crippen LogP) is 3.32. The summed E-state index contributed by atoms with van der Waals surface area (Å²) in [6.07, 6.45) is 0.0120. The molecule has 0 spiro atoms. The third-order valence-corrected chi connectivity index (χ3v) is 7.51. The van der Waals surface area contributed by atoms with Crippen molar-refractivity contribution < 1.29 is 38.3 Å². The molecule has 1 aromatic rings. The predicted molar refractivity (Wildman–Crippen MR) is 159 cm³/mol. The van der Waals surface area contributed by atoms with E-state index in [1.54, 1.807) is 41.5 Å². The Labute approximate surface area is 258 Å². The van der Waals surface area contributed by atoms with Crippen LogP contribution in [-0.4, -0.2) is 112 Å². The number of benzene rings is 1. The van der Waals surface area contributed by atoms with Crippen LogP contribution in [-0.2, 0) is 30.5 Å². The topological polar surface area (TPSA) is 138 Å². The molecule has 0 saturated carbocycles. The van der Waals surface area contributed by atoms with E-state index in [4.69, 9.17) is 14.3 Å². The number of hydrogen-bond acceptors (Lipinski definition) is 8. The maximum atomic E-state index is 13.0. The van der Waals surface area contributed by atoms with Crippen LogP contribution in [0, 0.1) is 0 Å². The molecule has 1 N–H and O–H groups in total. The van der Waals surface area contributed by atoms with Gasteiger partial charge in [-0.3, -0.25) is 14.4 Å². The van der Waals surface area contributed by atoms with Crippen LogP contribution in [0.4, 0.5) is 14.4 Å². The minimum absolute atomic E-state index is 0.0149. The van der Waals surface area contributed by atoms with Gasteiger partial charge in [-0.25, -0.2) is 14.4 Å². The second-order valence-corrected chi connectivity index (χ2v) is 13.5. The van der Waals surface area contributed by atoms with Gasteiger partial charge < -0.3 is 29.5 Å². The molecule has 1 aromatic carbocycles. The number of ether oxygens (including phenoxy) is 2. The summed E-state index contributed by atoms with van der Waals surface area (Å²) in [4.78, 5) is 74.5. The zero-order valence-corrected chi connectivity index (χ0v) is 26.5. The highest BCUT2D eigenvalue weighted by molar-refractivity contribution is 5.91. The smallest absolute Gasteiger partial charge is 0.410 e. The number of fused-ring (bicyclic) bond motifs is 2. The minimum Gasteiger partial charge on any atom is -0.444 e. The number of likely N-dealkylation sites (tertiary alicyclic amines) is 1. The molecule has 0 unspecified atom stereocenters. The van der Waals surface area contributed by atoms with Crippen LogP contribution in [0.3, 0.4) is 0 Å². The minimum atomic E-state index is -0.740. The third-order valence-electron chi connectivity index (χ3n) is 7.51. The second-order valence-electron chi connectivity index (χ2n) is 13.5. The number of ketones is 1. The molecule has 0 aliphatic carbocycles. The molecule has 3 fully saturated rings. The Bertz CT molecular complexity index is 1220. The zero-order valence-electron chi connectivity index (χ0n) is 26.5. The lowest BCUT2D eigenvalue weighted by atomic mass is 10.0. The van der Waals surface area contributed by atoms with Gasteiger partial charge >= 0.3 is 18.2 Å². The number of rotatable bonds is 10. The van der Waals surface area contributed by atoms with Crippen LogP contribution in [0.15, 0.2) is 30.3 Å². The summed E-state index contributed by atoms with van der Waals surface area (Å²) in [5.74, 6) is -0.671. The molecule has 0 radical (unpaired) electrons. The summed E-state index contributed by atoms with van der Waals surface area (Å²) in [7, 11) is 0. The summed E-state index contributed by atoms with van der Waals surface area (Å²) in [6.45, 7) is 11.6. The van der Waals surface area contributed by atoms with E-state index in [1.807, 2.05) is 30.3 Å². The summed E-state index contributed by atoms with van der Waals surface area (Å²) in [6, 6.07) is 8.02. The number of hydrogen-bond donors (Lipinski definition) is 1. The number of carbonyl (C=O) groups is 5. The molecule has 3 aliphatic heterocycles. The normalized spacial score (nSPS) is 20.2. The second kappa shape index (κ2) is 13.4. The van der Waals surface area contributed by atoms with Crippen LogP contribution in [0.1, 0.15) is 66.4 Å². The lowest BCUT2D eigenvalue weighted by Crippen LogP contribution is -2.63. The molecule has 242 valence electrons. The Kier molecular flexibility index (Phi) is 10.1. The van der Waals surface area contributed by atoms with Crippen molar-refractivity contribution in [3.63, 3.8) is 0 Å². The van der Waals surface area contributed by atoms with Gasteiger partial charge in [0.15, 0.2) is 5.78 Å². The number of Topliss-reactive ketones (excluding diaryl/α,β-unsaturated/α-hetero) is 1. The molecule has 3 saturated heterocycles. The largest absolute Gasteiger partial charge is 0.444 e. The van der Waals surface area contributed by atoms with E-state index >= 15 is 0 Å². The summed E-state index contributed by atoms with van der Waals surface area (Å²) >= 11 is 0. The first-order valence-corrected chi connectivity index (χ1v) is 15.1. The first-order valence-electron chi connectivity index (χ1n) is 15.1. The first kappa shape index (κ1) is 33.0. The van der Waals surface area contributed by atoms with Crippen molar-refractivity contribution in [2.75, 3.05) is 32.7 Å². The molecule has 2 bridgehead atoms. The number of carbonyl (C=O) groups excluding carboxylic acids is 5. The van der Waals surface area contributed by atoms with Gasteiger partial charge in [0.05, 0.1) is 18.6 Å². The van der Waals surface area contributed by atoms with Crippen molar-refractivity contribution in [1.29, 1.82) is 0 Å². The average molecular weight is 616 g/mol. The van der Waals surface area contributed by atoms with Crippen molar-refractivity contribution >= 4 is 29.9 Å². The van der Waals surface area contributed by atoms with E-state index in [9.17, 15) is 24.0 Å². The molecule has 5 amide bonds. The molecule has 3 heterocycles. The monoisotopic (exact) mass is 615 g/mol. The van der Waals surface area contributed by atoms with E-state index in [-0.39, 0.29) is 63.1 Å². The molecule has 13 heteroatoms. The quantitative estimate of drug-likeness (QED) is 0.423. The van der Waals surface area contributed by atoms with E-state index in [1.165, 1.54) is 19.8 Å². The van der Waals surface area contributed by atoms with Gasteiger partial charge in [-0.05, 0) is 59.9 Å². The lowest BCUT2D eigenvalue weighted by molar-refractivity contribution is -0.140. The summed E-state index contributed by atoms with van der Waals surface area (Å²) in [5, 5.41) is 4.04. The lowest BCUT2D eigenvalue weighted by Gasteiger charge is -2.45. The number of nitrogens with one attached hydrogen (secondary N) is 1. The van der Waals surface area contributed by atoms with E-state index in [2.05, 4.69) is 5.32 Å². The summed E-state index contributed by atoms with van der Waals surface area (Å²) in [5.41, 5.74) is -0.441. The van der Waals surface area contributed by atoms with Gasteiger partial charge in [0.1, 0.15) is 23.9 Å². The van der Waals surface area contributed by atoms with Gasteiger partial charge in [-0.1, -0.05) is 30.3 Å². The van der Waals surface area contributed by atoms with Gasteiger partial charge in [-0.15, -0.1) is 0 Å². The van der Waals surface area contributed by atoms with E-state index in [0.717, 1.165) is 5.56 Å². The molecule has 0 aromatic heterocycles. The highest BCUT2D eigenvalue weighted by atomic mass is 16.7. The van der Waals surface area contributed by atoms with Crippen molar-refractivity contribution in [2.45, 2.75) is 96.7 Å². The Morgan fingerprint density at radius 3 is 2.23 bits per heavy atom. The molecule has 2 atom stereocenters. The van der Waals surface area contributed by atoms with Crippen LogP contribution in [0.5, 0.6) is 0 Å². The molecular weight excluding hydrogens is 570 g/mol. The number of nitrogens with zero attached hydrogens (tertiary/aromatic N) is 4. The van der Waals surface area contributed by atoms with Crippen LogP contribution < -0.4 is 5.32 Å². The maximum Gasteiger partial charge on any atom is 0.410 e. The molecule has 4 rings (SSSR count). The Hall–Kier alpha value is -3.87. The van der Waals surface area contributed by atoms with Crippen molar-refractivity contribution in [2.24, 2.45) is 0 Å². The highest BCUT2D eigenvalue weighted by Crippen LogP contribution is 2.30. The Morgan fingerprint density at radius 1 is 0.932 bits per heavy atom. The van der Waals surface area contributed by atoms with E-state index < -0.39 is 35.3 Å². The molecule has 3 aliphatic rings. The molecular formula is C31H45N5O8. The van der Waals surface area contributed by atoms with Gasteiger partial charge in [0.25, 0.3) is 0 Å². The Balaban J connectivity index is 1.25.